The number of aromatic nitrogens is 5. The highest BCUT2D eigenvalue weighted by Gasteiger charge is 2.38. The summed E-state index contributed by atoms with van der Waals surface area (Å²) >= 11 is 0. The van der Waals surface area contributed by atoms with Gasteiger partial charge < -0.3 is 31.7 Å². The Morgan fingerprint density at radius 3 is 1.19 bits per heavy atom. The van der Waals surface area contributed by atoms with Gasteiger partial charge in [0.1, 0.15) is 22.3 Å². The van der Waals surface area contributed by atoms with E-state index in [-0.39, 0.29) is 5.41 Å². The van der Waals surface area contributed by atoms with Crippen LogP contribution in [0.1, 0.15) is 25.0 Å². The van der Waals surface area contributed by atoms with Gasteiger partial charge in [-0.1, -0.05) is 214 Å². The lowest BCUT2D eigenvalue weighted by Crippen LogP contribution is -2.15. The van der Waals surface area contributed by atoms with Crippen molar-refractivity contribution < 1.29 is 8.83 Å². The molecular weight excluding hydrogens is 1360 g/mol. The van der Waals surface area contributed by atoms with Gasteiger partial charge in [-0.25, -0.2) is 0 Å². The van der Waals surface area contributed by atoms with Crippen molar-refractivity contribution in [2.45, 2.75) is 19.3 Å². The minimum atomic E-state index is -0.184. The summed E-state index contributed by atoms with van der Waals surface area (Å²) in [7, 11) is 0. The van der Waals surface area contributed by atoms with E-state index in [0.29, 0.717) is 0 Å². The van der Waals surface area contributed by atoms with Gasteiger partial charge in [0.25, 0.3) is 0 Å². The summed E-state index contributed by atoms with van der Waals surface area (Å²) in [5.74, 6) is 0. The molecule has 0 saturated heterocycles. The summed E-state index contributed by atoms with van der Waals surface area (Å²) in [4.78, 5) is 0. The zero-order valence-electron chi connectivity index (χ0n) is 61.1. The van der Waals surface area contributed by atoms with Crippen LogP contribution in [-0.2, 0) is 5.41 Å². The maximum atomic E-state index is 7.33. The quantitative estimate of drug-likeness (QED) is 0.152. The fourth-order valence-corrected chi connectivity index (χ4v) is 20.1. The lowest BCUT2D eigenvalue weighted by Gasteiger charge is -2.22. The molecule has 0 N–H and O–H groups in total. The molecule has 25 rings (SSSR count). The van der Waals surface area contributed by atoms with E-state index in [1.54, 1.807) is 0 Å². The van der Waals surface area contributed by atoms with Gasteiger partial charge in [-0.2, -0.15) is 0 Å². The first-order valence-electron chi connectivity index (χ1n) is 38.7. The number of fused-ring (bicyclic) bond motifs is 28. The van der Waals surface area contributed by atoms with Crippen LogP contribution < -0.4 is 0 Å². The molecule has 1 aliphatic rings. The van der Waals surface area contributed by atoms with E-state index in [4.69, 9.17) is 8.83 Å². The van der Waals surface area contributed by atoms with E-state index in [9.17, 15) is 0 Å². The number of hydrogen-bond donors (Lipinski definition) is 0. The average Bonchev–Trinajstić information content (AvgIpc) is 1.55. The van der Waals surface area contributed by atoms with Crippen molar-refractivity contribution in [3.63, 3.8) is 0 Å². The van der Waals surface area contributed by atoms with Crippen LogP contribution in [0.3, 0.4) is 0 Å². The SMILES string of the molecule is CC1(C)c2ccccc2-c2ccc3c(c21)c1ccc(-c2ccc4c(c2)c2c5oc6ccc(-c7cccc8c7c7ccc9c(c%10ccc(-c%11ccc%12c(c%11)c%11c%13oc%14ccccc%14c%13ccc%11n%12-c%11ccccc%11)cc%10n9-c9ccccc9)c7n8-c7ccccc7)cc6c5ccc2n4-c2ccccc2)cc1n3-c1ccccc1. The monoisotopic (exact) mass is 1430 g/mol. The van der Waals surface area contributed by atoms with Crippen LogP contribution in [0.2, 0.25) is 0 Å². The number of rotatable bonds is 8. The van der Waals surface area contributed by atoms with Crippen molar-refractivity contribution in [1.29, 1.82) is 0 Å². The zero-order valence-corrected chi connectivity index (χ0v) is 61.1. The second-order valence-corrected chi connectivity index (χ2v) is 31.0. The van der Waals surface area contributed by atoms with Crippen LogP contribution in [-0.4, -0.2) is 22.8 Å². The predicted molar refractivity (Wildman–Crippen MR) is 467 cm³/mol. The van der Waals surface area contributed by atoms with Gasteiger partial charge >= 0.3 is 0 Å². The molecule has 0 radical (unpaired) electrons. The summed E-state index contributed by atoms with van der Waals surface area (Å²) < 4.78 is 26.4. The number of para-hydroxylation sites is 6. The summed E-state index contributed by atoms with van der Waals surface area (Å²) in [5.41, 5.74) is 32.5. The first-order chi connectivity index (χ1) is 55.3. The standard InChI is InChI=1S/C105H65N5O2/c1-105(2)84-36-20-18-33-73(84)75-46-52-88-97(101(75)105)78-44-39-64(60-92(78)108(88)69-27-12-5-13-28-69)62-41-51-86-83(58-62)100-91(107(86)68-25-10-4-11-26-68)54-48-77-81-59-66(43-56-95(81)112-104(77)100)72-35-22-37-87-96(72)80-49-55-89-98(102(80)110(87)71-31-16-7-17-32-71)79-45-40-65(61-93(79)109(89)70-29-14-6-15-30-70)63-42-50-85-82(57-63)99-90(106(85)67-23-8-3-9-24-67)53-47-76-74-34-19-21-38-94(74)111-103(76)99/h3-61H,1-2H3. The van der Waals surface area contributed by atoms with E-state index in [1.807, 2.05) is 0 Å². The van der Waals surface area contributed by atoms with Crippen LogP contribution in [0.5, 0.6) is 0 Å². The fraction of sp³-hybridized carbons (Fsp3) is 0.0286. The Morgan fingerprint density at radius 2 is 0.607 bits per heavy atom. The van der Waals surface area contributed by atoms with E-state index in [2.05, 4.69) is 395 Å². The molecule has 7 heterocycles. The maximum Gasteiger partial charge on any atom is 0.145 e. The van der Waals surface area contributed by atoms with Crippen LogP contribution in [0.25, 0.3) is 226 Å². The number of hydrogen-bond acceptors (Lipinski definition) is 2. The number of benzene rings is 17. The Balaban J connectivity index is 0.672. The molecule has 0 atom stereocenters. The van der Waals surface area contributed by atoms with Gasteiger partial charge in [-0.05, 0) is 213 Å². The number of nitrogens with zero attached hydrogens (tertiary/aromatic N) is 5. The molecule has 1 aliphatic carbocycles. The number of furan rings is 2. The summed E-state index contributed by atoms with van der Waals surface area (Å²) in [6.07, 6.45) is 0. The Kier molecular flexibility index (Phi) is 12.4. The van der Waals surface area contributed by atoms with E-state index in [0.717, 1.165) is 171 Å². The molecule has 0 saturated carbocycles. The van der Waals surface area contributed by atoms with E-state index in [1.165, 1.54) is 65.6 Å². The normalized spacial score (nSPS) is 13.0. The fourth-order valence-electron chi connectivity index (χ4n) is 20.1. The Bertz CT molecular complexity index is 8180. The molecule has 0 bridgehead atoms. The third-order valence-electron chi connectivity index (χ3n) is 24.8. The van der Waals surface area contributed by atoms with Crippen LogP contribution >= 0.6 is 0 Å². The first-order valence-corrected chi connectivity index (χ1v) is 38.7. The zero-order chi connectivity index (χ0) is 73.3. The van der Waals surface area contributed by atoms with Gasteiger partial charge in [0.15, 0.2) is 0 Å². The van der Waals surface area contributed by atoms with Gasteiger partial charge in [-0.15, -0.1) is 0 Å². The van der Waals surface area contributed by atoms with Crippen molar-refractivity contribution >= 4 is 153 Å². The largest absolute Gasteiger partial charge is 0.455 e. The summed E-state index contributed by atoms with van der Waals surface area (Å²) in [6.45, 7) is 4.80. The first kappa shape index (κ1) is 61.4. The van der Waals surface area contributed by atoms with Gasteiger partial charge in [-0.3, -0.25) is 0 Å². The molecule has 0 unspecified atom stereocenters. The highest BCUT2D eigenvalue weighted by atomic mass is 16.3. The molecule has 7 heteroatoms. The third kappa shape index (κ3) is 8.37. The highest BCUT2D eigenvalue weighted by molar-refractivity contribution is 6.30. The lowest BCUT2D eigenvalue weighted by atomic mass is 9.80. The average molecular weight is 1430 g/mol. The van der Waals surface area contributed by atoms with E-state index < -0.39 is 0 Å². The summed E-state index contributed by atoms with van der Waals surface area (Å²) in [5, 5.41) is 16.1. The Morgan fingerprint density at radius 1 is 0.214 bits per heavy atom. The lowest BCUT2D eigenvalue weighted by molar-refractivity contribution is 0.666. The Labute approximate surface area is 641 Å². The van der Waals surface area contributed by atoms with Crippen LogP contribution in [0, 0.1) is 0 Å². The minimum absolute atomic E-state index is 0.184. The molecule has 0 fully saturated rings. The van der Waals surface area contributed by atoms with Crippen LogP contribution in [0.4, 0.5) is 0 Å². The smallest absolute Gasteiger partial charge is 0.145 e. The van der Waals surface area contributed by atoms with Crippen molar-refractivity contribution in [2.24, 2.45) is 0 Å². The molecule has 0 aliphatic heterocycles. The molecule has 0 spiro atoms. The molecule has 0 amide bonds. The second-order valence-electron chi connectivity index (χ2n) is 31.0. The third-order valence-corrected chi connectivity index (χ3v) is 24.8. The van der Waals surface area contributed by atoms with Crippen molar-refractivity contribution in [3.8, 4) is 72.9 Å². The van der Waals surface area contributed by atoms with E-state index >= 15 is 0 Å². The van der Waals surface area contributed by atoms with Crippen molar-refractivity contribution in [1.82, 2.24) is 22.8 Å². The topological polar surface area (TPSA) is 50.9 Å². The molecule has 7 nitrogen and oxygen atoms in total. The van der Waals surface area contributed by atoms with Crippen molar-refractivity contribution in [2.75, 3.05) is 0 Å². The molecule has 522 valence electrons. The van der Waals surface area contributed by atoms with Gasteiger partial charge in [0, 0.05) is 98.5 Å². The molecule has 24 aromatic rings. The van der Waals surface area contributed by atoms with Gasteiger partial charge in [0.05, 0.1) is 65.9 Å². The minimum Gasteiger partial charge on any atom is -0.455 e. The maximum absolute atomic E-state index is 7.33. The van der Waals surface area contributed by atoms with Gasteiger partial charge in [0.2, 0.25) is 0 Å². The molecule has 112 heavy (non-hydrogen) atoms. The van der Waals surface area contributed by atoms with Crippen LogP contribution in [0.15, 0.2) is 367 Å². The van der Waals surface area contributed by atoms with Crippen molar-refractivity contribution in [3.05, 3.63) is 369 Å². The highest BCUT2D eigenvalue weighted by Crippen LogP contribution is 2.55. The predicted octanol–water partition coefficient (Wildman–Crippen LogP) is 28.3. The summed E-state index contributed by atoms with van der Waals surface area (Å²) in [6, 6.07) is 132. The second kappa shape index (κ2) is 22.7. The molecule has 17 aromatic carbocycles. The molecule has 7 aromatic heterocycles. The molecular formula is C105H65N5O2. The Hall–Kier alpha value is -14.7.